The van der Waals surface area contributed by atoms with E-state index >= 15 is 0 Å². The van der Waals surface area contributed by atoms with Crippen molar-refractivity contribution >= 4 is 101 Å². The van der Waals surface area contributed by atoms with E-state index in [0.717, 1.165) is 0 Å². The van der Waals surface area contributed by atoms with Crippen molar-refractivity contribution in [2.24, 2.45) is 0 Å². The van der Waals surface area contributed by atoms with Crippen LogP contribution in [0.5, 0.6) is 0 Å². The van der Waals surface area contributed by atoms with Crippen LogP contribution in [0.25, 0.3) is 0 Å². The van der Waals surface area contributed by atoms with Crippen LogP contribution in [0.2, 0.25) is 0 Å². The second-order valence-corrected chi connectivity index (χ2v) is 1.95. The molecule has 0 saturated heterocycles. The normalized spacial score (nSPS) is 8.00. The molecule has 0 aliphatic carbocycles. The van der Waals surface area contributed by atoms with E-state index in [0.29, 0.717) is 0 Å². The monoisotopic (exact) mass is 210 g/mol. The SMILES string of the molecule is O[Si](O)(O)OF.[AlH3].[KH].[MgH2]. The molecule has 0 unspecified atom stereocenters. The van der Waals surface area contributed by atoms with Gasteiger partial charge in [-0.2, -0.15) is 4.63 Å². The van der Waals surface area contributed by atoms with E-state index in [4.69, 9.17) is 14.4 Å². The summed E-state index contributed by atoms with van der Waals surface area (Å²) in [6, 6.07) is 0. The average molecular weight is 211 g/mol. The molecular formula is H9AlFKMgO4Si. The predicted molar refractivity (Wildman–Crippen MR) is 40.2 cm³/mol. The smallest absolute Gasteiger partial charge is 0.316 e. The number of halogens is 1. The predicted octanol–water partition coefficient (Wildman–Crippen LogP) is -4.45. The van der Waals surface area contributed by atoms with E-state index in [1.807, 2.05) is 0 Å². The molecule has 50 valence electrons. The van der Waals surface area contributed by atoms with Gasteiger partial charge < -0.3 is 14.4 Å². The Morgan fingerprint density at radius 1 is 1.22 bits per heavy atom. The van der Waals surface area contributed by atoms with Gasteiger partial charge >= 0.3 is 83.5 Å². The van der Waals surface area contributed by atoms with Gasteiger partial charge in [-0.15, -0.1) is 0 Å². The second kappa shape index (κ2) is 10.9. The van der Waals surface area contributed by atoms with E-state index < -0.39 is 9.05 Å². The third kappa shape index (κ3) is 24.8. The molecule has 0 bridgehead atoms. The van der Waals surface area contributed by atoms with Gasteiger partial charge in [-0.05, 0) is 0 Å². The fourth-order valence-electron chi connectivity index (χ4n) is 0. The molecule has 0 radical (unpaired) electrons. The minimum absolute atomic E-state index is 0. The van der Waals surface area contributed by atoms with Gasteiger partial charge in [-0.1, -0.05) is 4.53 Å². The molecule has 9 heavy (non-hydrogen) atoms. The minimum Gasteiger partial charge on any atom is 0.316 e. The molecule has 9 heteroatoms. The Kier molecular flexibility index (Phi) is 27.5. The van der Waals surface area contributed by atoms with Crippen molar-refractivity contribution < 1.29 is 23.5 Å². The fraction of sp³-hybridized carbons (Fsp3) is 0. The summed E-state index contributed by atoms with van der Waals surface area (Å²) in [5, 5.41) is 0. The Morgan fingerprint density at radius 2 is 1.33 bits per heavy atom. The van der Waals surface area contributed by atoms with Gasteiger partial charge in [0.25, 0.3) is 0 Å². The molecule has 0 spiro atoms. The molecule has 4 nitrogen and oxygen atoms in total. The summed E-state index contributed by atoms with van der Waals surface area (Å²) in [4.78, 5) is 22.4. The number of hydrogen-bond donors (Lipinski definition) is 3. The summed E-state index contributed by atoms with van der Waals surface area (Å²) in [5.74, 6) is 0. The van der Waals surface area contributed by atoms with Gasteiger partial charge in [0.05, 0.1) is 0 Å². The maximum Gasteiger partial charge on any atom is 0.316 e. The number of hydrogen-bond acceptors (Lipinski definition) is 4. The molecule has 0 saturated carbocycles. The van der Waals surface area contributed by atoms with Crippen molar-refractivity contribution in [1.82, 2.24) is 0 Å². The Morgan fingerprint density at radius 3 is 1.33 bits per heavy atom. The first-order chi connectivity index (χ1) is 2.56. The zero-order chi connectivity index (χ0) is 5.21. The zero-order valence-electron chi connectivity index (χ0n) is 2.63. The van der Waals surface area contributed by atoms with Crippen molar-refractivity contribution in [3.8, 4) is 0 Å². The summed E-state index contributed by atoms with van der Waals surface area (Å²) >= 11 is 0. The van der Waals surface area contributed by atoms with Gasteiger partial charge in [-0.3, -0.25) is 0 Å². The molecular weight excluding hydrogens is 201 g/mol. The first kappa shape index (κ1) is 22.7. The summed E-state index contributed by atoms with van der Waals surface area (Å²) in [6.07, 6.45) is 0. The standard InChI is InChI=1S/Al.FH3O4Si.K.Mg.6H/c;1-5-6(2,3)4;;;;;;;;/h;2-4H;;;;;;;;. The van der Waals surface area contributed by atoms with Gasteiger partial charge in [0.2, 0.25) is 0 Å². The quantitative estimate of drug-likeness (QED) is 0.382. The second-order valence-electron chi connectivity index (χ2n) is 0.651. The van der Waals surface area contributed by atoms with Crippen LogP contribution in [0.3, 0.4) is 0 Å². The first-order valence-corrected chi connectivity index (χ1v) is 2.78. The molecule has 0 fully saturated rings. The maximum absolute atomic E-state index is 10.3. The van der Waals surface area contributed by atoms with Gasteiger partial charge in [0.15, 0.2) is 17.4 Å². The summed E-state index contributed by atoms with van der Waals surface area (Å²) in [7, 11) is -4.80. The molecule has 3 N–H and O–H groups in total. The van der Waals surface area contributed by atoms with E-state index in [1.165, 1.54) is 0 Å². The molecule has 0 aliphatic rings. The van der Waals surface area contributed by atoms with Crippen LogP contribution in [0.4, 0.5) is 4.53 Å². The van der Waals surface area contributed by atoms with Gasteiger partial charge in [0, 0.05) is 0 Å². The topological polar surface area (TPSA) is 69.9 Å². The van der Waals surface area contributed by atoms with E-state index in [-0.39, 0.29) is 91.8 Å². The Hall–Kier alpha value is 2.92. The molecule has 0 aromatic heterocycles. The fourth-order valence-corrected chi connectivity index (χ4v) is 0. The van der Waals surface area contributed by atoms with E-state index in [9.17, 15) is 4.53 Å². The molecule has 0 rings (SSSR count). The third-order valence-electron chi connectivity index (χ3n) is 0.104. The Balaban J connectivity index is -0.0000000417. The zero-order valence-corrected chi connectivity index (χ0v) is 3.63. The molecule has 0 aromatic carbocycles. The van der Waals surface area contributed by atoms with Crippen LogP contribution in [0.15, 0.2) is 0 Å². The summed E-state index contributed by atoms with van der Waals surface area (Å²) in [5.41, 5.74) is 0. The van der Waals surface area contributed by atoms with Crippen LogP contribution < -0.4 is 0 Å². The molecule has 0 amide bonds. The van der Waals surface area contributed by atoms with Gasteiger partial charge in [0.1, 0.15) is 0 Å². The minimum atomic E-state index is -4.80. The van der Waals surface area contributed by atoms with Gasteiger partial charge in [-0.25, -0.2) is 0 Å². The number of rotatable bonds is 1. The maximum atomic E-state index is 10.3. The first-order valence-electron chi connectivity index (χ1n) is 1.03. The average Bonchev–Trinajstić information content (AvgIpc) is 1.35. The van der Waals surface area contributed by atoms with Crippen molar-refractivity contribution in [3.05, 3.63) is 0 Å². The van der Waals surface area contributed by atoms with E-state index in [1.54, 1.807) is 0 Å². The molecule has 0 atom stereocenters. The van der Waals surface area contributed by atoms with Crippen LogP contribution in [0.1, 0.15) is 0 Å². The van der Waals surface area contributed by atoms with Crippen molar-refractivity contribution in [2.45, 2.75) is 0 Å². The van der Waals surface area contributed by atoms with Crippen LogP contribution in [-0.4, -0.2) is 115 Å². The van der Waals surface area contributed by atoms with Crippen LogP contribution in [0, 0.1) is 0 Å². The van der Waals surface area contributed by atoms with Crippen molar-refractivity contribution in [3.63, 3.8) is 0 Å². The molecule has 0 heterocycles. The Labute approximate surface area is 122 Å². The third-order valence-corrected chi connectivity index (χ3v) is 0.311. The van der Waals surface area contributed by atoms with Crippen LogP contribution in [-0.2, 0) is 4.63 Å². The summed E-state index contributed by atoms with van der Waals surface area (Å²) in [6.45, 7) is 0. The summed E-state index contributed by atoms with van der Waals surface area (Å²) < 4.78 is 12.6. The van der Waals surface area contributed by atoms with Crippen LogP contribution >= 0.6 is 0 Å². The largest absolute Gasteiger partial charge is 0.316 e. The molecule has 0 aromatic rings. The Bertz CT molecular complexity index is 50.3. The molecule has 0 aliphatic heterocycles. The van der Waals surface area contributed by atoms with Crippen molar-refractivity contribution in [1.29, 1.82) is 0 Å². The van der Waals surface area contributed by atoms with E-state index in [2.05, 4.69) is 4.63 Å². The van der Waals surface area contributed by atoms with Crippen molar-refractivity contribution in [2.75, 3.05) is 0 Å².